The second kappa shape index (κ2) is 7.59. The number of aliphatic hydroxyl groups excluding tert-OH is 1. The van der Waals surface area contributed by atoms with Gasteiger partial charge in [-0.1, -0.05) is 12.2 Å². The molecule has 1 aliphatic rings. The molecule has 10 heteroatoms. The number of hydrogen-bond acceptors (Lipinski definition) is 7. The van der Waals surface area contributed by atoms with E-state index in [0.29, 0.717) is 0 Å². The minimum Gasteiger partial charge on any atom is -0.509 e. The quantitative estimate of drug-likeness (QED) is 0.467. The van der Waals surface area contributed by atoms with E-state index in [9.17, 15) is 19.5 Å². The summed E-state index contributed by atoms with van der Waals surface area (Å²) >= 11 is 5.10. The van der Waals surface area contributed by atoms with E-state index >= 15 is 0 Å². The van der Waals surface area contributed by atoms with Gasteiger partial charge in [0.05, 0.1) is 17.3 Å². The van der Waals surface area contributed by atoms with Gasteiger partial charge in [0.1, 0.15) is 5.76 Å². The van der Waals surface area contributed by atoms with Gasteiger partial charge >= 0.3 is 11.9 Å². The van der Waals surface area contributed by atoms with Crippen LogP contribution in [0.4, 0.5) is 0 Å². The Hall–Kier alpha value is -2.36. The van der Waals surface area contributed by atoms with Crippen molar-refractivity contribution in [3.05, 3.63) is 11.5 Å². The monoisotopic (exact) mass is 329 g/mol. The van der Waals surface area contributed by atoms with Gasteiger partial charge in [0, 0.05) is 20.0 Å². The third kappa shape index (κ3) is 4.07. The Morgan fingerprint density at radius 3 is 2.36 bits per heavy atom. The van der Waals surface area contributed by atoms with E-state index in [2.05, 4.69) is 10.2 Å². The third-order valence-corrected chi connectivity index (χ3v) is 3.49. The van der Waals surface area contributed by atoms with Gasteiger partial charge in [-0.25, -0.2) is 0 Å². The van der Waals surface area contributed by atoms with E-state index in [4.69, 9.17) is 22.4 Å². The van der Waals surface area contributed by atoms with Gasteiger partial charge < -0.3 is 15.3 Å². The fraction of sp³-hybridized carbons (Fsp3) is 0.500. The number of carboxylic acid groups (broad SMARTS) is 2. The van der Waals surface area contributed by atoms with Crippen molar-refractivity contribution in [2.75, 3.05) is 13.6 Å². The van der Waals surface area contributed by atoms with E-state index in [-0.39, 0.29) is 36.5 Å². The highest BCUT2D eigenvalue weighted by atomic mass is 32.1. The smallest absolute Gasteiger partial charge is 0.305 e. The zero-order valence-electron chi connectivity index (χ0n) is 11.7. The first kappa shape index (κ1) is 17.7. The number of carbonyl (C=O) groups excluding carboxylic acids is 1. The molecule has 0 aromatic rings. The summed E-state index contributed by atoms with van der Waals surface area (Å²) in [5.41, 5.74) is -0.350. The van der Waals surface area contributed by atoms with E-state index in [1.165, 1.54) is 7.05 Å². The molecule has 0 saturated heterocycles. The summed E-state index contributed by atoms with van der Waals surface area (Å²) < 4.78 is 0. The first-order chi connectivity index (χ1) is 10.3. The van der Waals surface area contributed by atoms with Gasteiger partial charge in [-0.2, -0.15) is 5.11 Å². The number of amides is 1. The molecule has 3 N–H and O–H groups in total. The summed E-state index contributed by atoms with van der Waals surface area (Å²) in [6.07, 6.45) is -0.638. The van der Waals surface area contributed by atoms with Crippen molar-refractivity contribution in [1.82, 2.24) is 4.90 Å². The molecule has 0 saturated carbocycles. The molecule has 0 aromatic carbocycles. The number of hydrogen-bond donors (Lipinski definition) is 3. The lowest BCUT2D eigenvalue weighted by atomic mass is 9.94. The van der Waals surface area contributed by atoms with Crippen LogP contribution in [0.15, 0.2) is 21.7 Å². The minimum atomic E-state index is -1.12. The Bertz CT molecular complexity index is 571. The molecule has 120 valence electrons. The Morgan fingerprint density at radius 1 is 1.27 bits per heavy atom. The van der Waals surface area contributed by atoms with Crippen molar-refractivity contribution in [2.24, 2.45) is 16.1 Å². The molecule has 0 spiro atoms. The van der Waals surface area contributed by atoms with Crippen LogP contribution in [0.25, 0.3) is 0 Å². The van der Waals surface area contributed by atoms with E-state index in [0.717, 1.165) is 4.90 Å². The lowest BCUT2D eigenvalue weighted by Gasteiger charge is -2.32. The third-order valence-electron chi connectivity index (χ3n) is 2.98. The van der Waals surface area contributed by atoms with Crippen LogP contribution < -0.4 is 0 Å². The maximum absolute atomic E-state index is 12.2. The van der Waals surface area contributed by atoms with Gasteiger partial charge in [-0.3, -0.25) is 19.3 Å². The zero-order chi connectivity index (χ0) is 16.9. The van der Waals surface area contributed by atoms with Crippen LogP contribution in [-0.4, -0.2) is 56.6 Å². The fourth-order valence-electron chi connectivity index (χ4n) is 1.95. The molecule has 1 unspecified atom stereocenters. The van der Waals surface area contributed by atoms with Crippen LogP contribution in [0.1, 0.15) is 19.3 Å². The largest absolute Gasteiger partial charge is 0.509 e. The standard InChI is InChI=1S/C12H15N3O6S/c1-13-14-9-10(20)6(2-3-7(16)17)12(22)15(11(9)21)5-4-8(18)19/h6,20H,2-5H2,1H3,(H,16,17)(H,18,19). The summed E-state index contributed by atoms with van der Waals surface area (Å²) in [6, 6.07) is 0. The molecule has 22 heavy (non-hydrogen) atoms. The van der Waals surface area contributed by atoms with Gasteiger partial charge in [0.15, 0.2) is 5.70 Å². The molecule has 1 aliphatic heterocycles. The van der Waals surface area contributed by atoms with Crippen LogP contribution in [-0.2, 0) is 14.4 Å². The minimum absolute atomic E-state index is 0.0138. The van der Waals surface area contributed by atoms with Crippen molar-refractivity contribution in [3.63, 3.8) is 0 Å². The van der Waals surface area contributed by atoms with E-state index < -0.39 is 29.5 Å². The Morgan fingerprint density at radius 2 is 1.86 bits per heavy atom. The summed E-state index contributed by atoms with van der Waals surface area (Å²) in [4.78, 5) is 34.5. The van der Waals surface area contributed by atoms with Crippen LogP contribution in [0.2, 0.25) is 0 Å². The molecule has 1 amide bonds. The van der Waals surface area contributed by atoms with Gasteiger partial charge in [0.2, 0.25) is 0 Å². The number of nitrogens with zero attached hydrogens (tertiary/aromatic N) is 3. The summed E-state index contributed by atoms with van der Waals surface area (Å²) in [5.74, 6) is -4.27. The first-order valence-electron chi connectivity index (χ1n) is 6.31. The molecule has 0 fully saturated rings. The topological polar surface area (TPSA) is 140 Å². The van der Waals surface area contributed by atoms with Crippen molar-refractivity contribution < 1.29 is 29.7 Å². The van der Waals surface area contributed by atoms with Crippen LogP contribution in [0.3, 0.4) is 0 Å². The maximum atomic E-state index is 12.2. The number of aliphatic carboxylic acids is 2. The van der Waals surface area contributed by atoms with E-state index in [1.54, 1.807) is 0 Å². The molecule has 0 aliphatic carbocycles. The normalized spacial score (nSPS) is 19.1. The predicted octanol–water partition coefficient (Wildman–Crippen LogP) is 0.963. The summed E-state index contributed by atoms with van der Waals surface area (Å²) in [5, 5.41) is 34.5. The highest BCUT2D eigenvalue weighted by Crippen LogP contribution is 2.29. The molecule has 0 bridgehead atoms. The number of rotatable bonds is 7. The van der Waals surface area contributed by atoms with Gasteiger partial charge in [-0.15, -0.1) is 5.11 Å². The molecule has 1 heterocycles. The molecule has 0 aromatic heterocycles. The molecule has 0 radical (unpaired) electrons. The number of carbonyl (C=O) groups is 3. The number of aliphatic hydroxyl groups is 1. The summed E-state index contributed by atoms with van der Waals surface area (Å²) in [7, 11) is 1.30. The molecular formula is C12H15N3O6S. The highest BCUT2D eigenvalue weighted by molar-refractivity contribution is 7.80. The van der Waals surface area contributed by atoms with Gasteiger partial charge in [0.25, 0.3) is 5.91 Å². The van der Waals surface area contributed by atoms with E-state index in [1.807, 2.05) is 0 Å². The second-order valence-corrected chi connectivity index (χ2v) is 4.88. The summed E-state index contributed by atoms with van der Waals surface area (Å²) in [6.45, 7) is -0.188. The fourth-order valence-corrected chi connectivity index (χ4v) is 2.35. The average molecular weight is 329 g/mol. The van der Waals surface area contributed by atoms with Crippen molar-refractivity contribution >= 4 is 35.1 Å². The SMILES string of the molecule is CN=NC1=C(O)C(CCC(=O)O)C(=S)N(CCC(=O)O)C1=O. The molecular weight excluding hydrogens is 314 g/mol. The Balaban J connectivity index is 3.13. The van der Waals surface area contributed by atoms with Crippen LogP contribution in [0.5, 0.6) is 0 Å². The number of thiocarbonyl (C=S) groups is 1. The van der Waals surface area contributed by atoms with Crippen molar-refractivity contribution in [2.45, 2.75) is 19.3 Å². The van der Waals surface area contributed by atoms with Crippen LogP contribution in [0, 0.1) is 5.92 Å². The highest BCUT2D eigenvalue weighted by Gasteiger charge is 2.38. The van der Waals surface area contributed by atoms with Crippen molar-refractivity contribution in [1.29, 1.82) is 0 Å². The zero-order valence-corrected chi connectivity index (χ0v) is 12.5. The van der Waals surface area contributed by atoms with Gasteiger partial charge in [-0.05, 0) is 6.42 Å². The predicted molar refractivity (Wildman–Crippen MR) is 77.4 cm³/mol. The first-order valence-corrected chi connectivity index (χ1v) is 6.72. The average Bonchev–Trinajstić information content (AvgIpc) is 2.42. The lowest BCUT2D eigenvalue weighted by Crippen LogP contribution is -2.46. The molecule has 1 atom stereocenters. The molecule has 1 rings (SSSR count). The van der Waals surface area contributed by atoms with Crippen LogP contribution >= 0.6 is 12.2 Å². The molecule has 9 nitrogen and oxygen atoms in total. The maximum Gasteiger partial charge on any atom is 0.305 e. The Kier molecular flexibility index (Phi) is 6.11. The number of azo groups is 1. The lowest BCUT2D eigenvalue weighted by molar-refractivity contribution is -0.138. The van der Waals surface area contributed by atoms with Crippen molar-refractivity contribution in [3.8, 4) is 0 Å². The number of carboxylic acids is 2. The Labute approximate surface area is 130 Å². The second-order valence-electron chi connectivity index (χ2n) is 4.46.